The highest BCUT2D eigenvalue weighted by molar-refractivity contribution is 8.19. The topological polar surface area (TPSA) is 44.8 Å². The summed E-state index contributed by atoms with van der Waals surface area (Å²) in [6.45, 7) is 19.1. The molecule has 5 aromatic rings. The maximum atomic E-state index is 16.1. The van der Waals surface area contributed by atoms with Crippen LogP contribution < -0.4 is 9.47 Å². The average Bonchev–Trinajstić information content (AvgIpc) is 4.03. The molecule has 0 aliphatic carbocycles. The average molecular weight is 897 g/mol. The zero-order chi connectivity index (χ0) is 44.8. The van der Waals surface area contributed by atoms with Crippen LogP contribution in [0.25, 0.3) is 40.0 Å². The monoisotopic (exact) mass is 897 g/mol. The first kappa shape index (κ1) is 49.7. The Balaban J connectivity index is 0.000000816. The summed E-state index contributed by atoms with van der Waals surface area (Å²) in [5.74, 6) is 2.16. The number of rotatable bonds is 25. The van der Waals surface area contributed by atoms with Crippen molar-refractivity contribution in [3.05, 3.63) is 32.6 Å². The Labute approximate surface area is 386 Å². The molecular weight excluding hydrogens is 834 g/mol. The largest absolute Gasteiger partial charge is 0.491 e. The number of hydrogen-bond acceptors (Lipinski definition) is 8. The fourth-order valence-electron chi connectivity index (χ4n) is 7.26. The molecule has 4 unspecified atom stereocenters. The van der Waals surface area contributed by atoms with E-state index in [4.69, 9.17) is 46.4 Å². The Kier molecular flexibility index (Phi) is 21.4. The van der Waals surface area contributed by atoms with Crippen molar-refractivity contribution >= 4 is 140 Å². The number of carbonyl (C=O) groups excluding carboxylic acids is 1. The van der Waals surface area contributed by atoms with E-state index in [9.17, 15) is 4.79 Å². The molecule has 9 radical (unpaired) electrons. The number of thiophene rings is 4. The summed E-state index contributed by atoms with van der Waals surface area (Å²) in [4.78, 5) is 17.5. The highest BCUT2D eigenvalue weighted by Crippen LogP contribution is 2.54. The lowest BCUT2D eigenvalue weighted by atomic mass is 9.18. The molecule has 4 nitrogen and oxygen atoms in total. The van der Waals surface area contributed by atoms with Crippen molar-refractivity contribution in [3.63, 3.8) is 0 Å². The second kappa shape index (κ2) is 25.8. The smallest absolute Gasteiger partial charge is 0.351 e. The lowest BCUT2D eigenvalue weighted by Crippen LogP contribution is -2.23. The van der Waals surface area contributed by atoms with E-state index in [0.717, 1.165) is 102 Å². The van der Waals surface area contributed by atoms with Crippen molar-refractivity contribution < 1.29 is 23.4 Å². The van der Waals surface area contributed by atoms with E-state index < -0.39 is 32.5 Å². The van der Waals surface area contributed by atoms with E-state index >= 15 is 4.39 Å². The highest BCUT2D eigenvalue weighted by Gasteiger charge is 2.29. The Hall–Kier alpha value is -1.32. The molecule has 0 bridgehead atoms. The van der Waals surface area contributed by atoms with Gasteiger partial charge in [0.15, 0.2) is 5.82 Å². The second-order valence-corrected chi connectivity index (χ2v) is 21.9. The number of ether oxygens (including phenoxy) is 3. The molecule has 313 valence electrons. The quantitative estimate of drug-likeness (QED) is 0.0333. The van der Waals surface area contributed by atoms with Gasteiger partial charge >= 0.3 is 5.97 Å². The number of aryl methyl sites for hydroxylation is 2. The Morgan fingerprint density at radius 2 is 1.30 bits per heavy atom. The first-order chi connectivity index (χ1) is 29.3. The first-order valence-corrected chi connectivity index (χ1v) is 26.3. The van der Waals surface area contributed by atoms with E-state index in [0.29, 0.717) is 43.0 Å². The first-order valence-electron chi connectivity index (χ1n) is 22.5. The third-order valence-corrected chi connectivity index (χ3v) is 16.7. The normalized spacial score (nSPS) is 13.7. The maximum absolute atomic E-state index is 16.1. The summed E-state index contributed by atoms with van der Waals surface area (Å²) in [7, 11) is 20.7. The van der Waals surface area contributed by atoms with Gasteiger partial charge in [-0.05, 0) is 63.0 Å². The minimum atomic E-state index is -1.30. The van der Waals surface area contributed by atoms with Gasteiger partial charge in [0.05, 0.1) is 51.2 Å². The molecule has 5 rings (SSSR count). The van der Waals surface area contributed by atoms with Gasteiger partial charge in [-0.2, -0.15) is 0 Å². The molecule has 4 aromatic heterocycles. The molecule has 0 aliphatic rings. The van der Waals surface area contributed by atoms with Crippen LogP contribution in [0.3, 0.4) is 0 Å². The summed E-state index contributed by atoms with van der Waals surface area (Å²) >= 11 is 6.31. The molecule has 0 saturated heterocycles. The minimum absolute atomic E-state index is 0.0769. The molecule has 0 saturated carbocycles. The van der Waals surface area contributed by atoms with Gasteiger partial charge in [0.25, 0.3) is 0 Å². The Morgan fingerprint density at radius 3 is 1.78 bits per heavy atom. The van der Waals surface area contributed by atoms with Crippen LogP contribution in [0.5, 0.6) is 11.5 Å². The second-order valence-electron chi connectivity index (χ2n) is 15.8. The highest BCUT2D eigenvalue weighted by atomic mass is 32.1. The summed E-state index contributed by atoms with van der Waals surface area (Å²) < 4.78 is 45.8. The lowest BCUT2D eigenvalue weighted by molar-refractivity contribution is 0.0429. The van der Waals surface area contributed by atoms with Gasteiger partial charge in [0.2, 0.25) is 0 Å². The SMILES string of the molecule is CCCCC(CC)COC(=O)c1sc2c(-c3cc4c(OCC(CC)CCCC)c5sc(C)cc5c(OCC(CC)CCCC)c4s3)sc(C)c2c1F.[3H]P(B([B])[B])B([B])[B][B]. The number of hydrogen-bond donors (Lipinski definition) is 0. The summed E-state index contributed by atoms with van der Waals surface area (Å²) in [5, 5.41) is 2.72. The third kappa shape index (κ3) is 13.6. The van der Waals surface area contributed by atoms with Gasteiger partial charge < -0.3 is 14.2 Å². The fourth-order valence-corrected chi connectivity index (χ4v) is 12.6. The van der Waals surface area contributed by atoms with Crippen LogP contribution >= 0.6 is 53.6 Å². The summed E-state index contributed by atoms with van der Waals surface area (Å²) in [5.41, 5.74) is 0. The zero-order valence-electron chi connectivity index (χ0n) is 38.1. The predicted octanol–water partition coefficient (Wildman–Crippen LogP) is 13.3. The van der Waals surface area contributed by atoms with E-state index in [1.165, 1.54) is 49.0 Å². The van der Waals surface area contributed by atoms with Crippen LogP contribution in [0.4, 0.5) is 4.39 Å². The van der Waals surface area contributed by atoms with Crippen molar-refractivity contribution in [2.24, 2.45) is 17.8 Å². The van der Waals surface area contributed by atoms with Crippen LogP contribution in [-0.2, 0) is 4.74 Å². The number of carbonyl (C=O) groups is 1. The van der Waals surface area contributed by atoms with Crippen molar-refractivity contribution in [2.75, 3.05) is 19.8 Å². The van der Waals surface area contributed by atoms with Gasteiger partial charge in [0, 0.05) is 70.1 Å². The van der Waals surface area contributed by atoms with Gasteiger partial charge in [0.1, 0.15) is 16.4 Å². The van der Waals surface area contributed by atoms with Crippen molar-refractivity contribution in [2.45, 2.75) is 132 Å². The van der Waals surface area contributed by atoms with Crippen LogP contribution in [0.1, 0.15) is 138 Å². The maximum Gasteiger partial charge on any atom is 0.351 e. The molecule has 0 fully saturated rings. The van der Waals surface area contributed by atoms with Gasteiger partial charge in [-0.3, -0.25) is 0 Å². The van der Waals surface area contributed by atoms with Crippen molar-refractivity contribution in [3.8, 4) is 21.3 Å². The molecule has 17 heteroatoms. The number of benzene rings is 1. The molecule has 60 heavy (non-hydrogen) atoms. The molecule has 0 N–H and O–H groups in total. The molecule has 0 aliphatic heterocycles. The van der Waals surface area contributed by atoms with Crippen molar-refractivity contribution in [1.82, 2.24) is 0 Å². The van der Waals surface area contributed by atoms with Crippen LogP contribution in [0, 0.1) is 37.4 Å². The fraction of sp³-hybridized carbons (Fsp3) is 0.605. The van der Waals surface area contributed by atoms with Crippen LogP contribution in [0.15, 0.2) is 12.1 Å². The number of fused-ring (bicyclic) bond motifs is 3. The van der Waals surface area contributed by atoms with Gasteiger partial charge in [-0.1, -0.05) is 99.3 Å². The van der Waals surface area contributed by atoms with E-state index in [1.54, 1.807) is 34.0 Å². The molecule has 0 amide bonds. The lowest BCUT2D eigenvalue weighted by Gasteiger charge is -2.19. The number of halogens is 1. The summed E-state index contributed by atoms with van der Waals surface area (Å²) in [6, 6.07) is 4.49. The molecule has 4 heterocycles. The van der Waals surface area contributed by atoms with E-state index in [1.807, 2.05) is 6.92 Å². The van der Waals surface area contributed by atoms with Crippen LogP contribution in [0.2, 0.25) is 0 Å². The zero-order valence-corrected chi connectivity index (χ0v) is 41.3. The van der Waals surface area contributed by atoms with Crippen LogP contribution in [-0.4, -0.2) is 77.5 Å². The molecule has 4 atom stereocenters. The van der Waals surface area contributed by atoms with E-state index in [-0.39, 0.29) is 4.88 Å². The Bertz CT molecular complexity index is 2050. The van der Waals surface area contributed by atoms with E-state index in [2.05, 4.69) is 60.6 Å². The van der Waals surface area contributed by atoms with Gasteiger partial charge in [-0.25, -0.2) is 17.5 Å². The van der Waals surface area contributed by atoms with Crippen molar-refractivity contribution in [1.29, 1.82) is 1.28 Å². The Morgan fingerprint density at radius 1 is 0.783 bits per heavy atom. The molecule has 0 spiro atoms. The minimum Gasteiger partial charge on any atom is -0.491 e. The van der Waals surface area contributed by atoms with Gasteiger partial charge in [-0.15, -0.1) is 45.3 Å². The molecular formula is C43H60B7FO4PS4. The molecule has 1 aromatic carbocycles. The standard InChI is InChI=1S/C43H59FO4S4.B7HP/c1-9-15-18-28(12-4)23-46-36-31-21-26(7)49-38(31)37(47-24-29(13-5)19-16-10-2)32-22-33(51-39(32)36)40-41-34(27(8)50-40)35(44)42(52-41)43(45)48-25-30(14-6)20-17-11-3;1-5-7(4)8-6(2)3/h21-22,28-30H,9-20,23-25H2,1-8H3;8H/i;8T. The number of unbranched alkanes of at least 4 members (excludes halogenated alkanes) is 3. The summed E-state index contributed by atoms with van der Waals surface area (Å²) in [6.07, 6.45) is 12.3. The number of esters is 1. The predicted molar refractivity (Wildman–Crippen MR) is 275 cm³/mol. The third-order valence-electron chi connectivity index (χ3n) is 11.1.